The molecule has 0 amide bonds. The number of hydrogen-bond acceptors (Lipinski definition) is 4. The second-order valence-electron chi connectivity index (χ2n) is 5.56. The Balaban J connectivity index is 1.56. The highest BCUT2D eigenvalue weighted by molar-refractivity contribution is 5.55. The number of hydrogen-bond donors (Lipinski definition) is 2. The minimum absolute atomic E-state index is 0.214. The van der Waals surface area contributed by atoms with Crippen molar-refractivity contribution in [2.75, 3.05) is 17.2 Å². The van der Waals surface area contributed by atoms with Crippen molar-refractivity contribution in [3.63, 3.8) is 0 Å². The molecular weight excluding hydrogens is 303 g/mol. The van der Waals surface area contributed by atoms with Crippen molar-refractivity contribution in [1.82, 2.24) is 9.97 Å². The van der Waals surface area contributed by atoms with Crippen LogP contribution in [0.3, 0.4) is 0 Å². The van der Waals surface area contributed by atoms with Crippen molar-refractivity contribution >= 4 is 17.5 Å². The van der Waals surface area contributed by atoms with Crippen LogP contribution in [-0.4, -0.2) is 16.5 Å². The van der Waals surface area contributed by atoms with Crippen LogP contribution in [0.1, 0.15) is 11.1 Å². The van der Waals surface area contributed by atoms with E-state index in [1.54, 1.807) is 18.3 Å². The predicted octanol–water partition coefficient (Wildman–Crippen LogP) is 4.32. The molecular formula is C19H19FN4. The number of benzene rings is 2. The van der Waals surface area contributed by atoms with Crippen LogP contribution in [0.25, 0.3) is 0 Å². The maximum atomic E-state index is 12.9. The van der Waals surface area contributed by atoms with Gasteiger partial charge in [0.2, 0.25) is 5.95 Å². The first-order valence-electron chi connectivity index (χ1n) is 7.84. The lowest BCUT2D eigenvalue weighted by Gasteiger charge is -2.09. The average Bonchev–Trinajstić information content (AvgIpc) is 2.59. The topological polar surface area (TPSA) is 49.8 Å². The molecule has 2 aromatic carbocycles. The van der Waals surface area contributed by atoms with Gasteiger partial charge in [0.25, 0.3) is 0 Å². The van der Waals surface area contributed by atoms with Crippen LogP contribution in [0.5, 0.6) is 0 Å². The van der Waals surface area contributed by atoms with E-state index in [1.165, 1.54) is 17.7 Å². The molecule has 0 saturated heterocycles. The minimum Gasteiger partial charge on any atom is -0.370 e. The van der Waals surface area contributed by atoms with Crippen molar-refractivity contribution < 1.29 is 4.39 Å². The van der Waals surface area contributed by atoms with E-state index in [4.69, 9.17) is 0 Å². The molecule has 1 aromatic heterocycles. The average molecular weight is 322 g/mol. The summed E-state index contributed by atoms with van der Waals surface area (Å²) >= 11 is 0. The molecule has 1 heterocycles. The molecule has 0 aliphatic heterocycles. The fourth-order valence-corrected chi connectivity index (χ4v) is 2.27. The molecule has 5 heteroatoms. The van der Waals surface area contributed by atoms with Gasteiger partial charge in [-0.2, -0.15) is 4.98 Å². The first kappa shape index (κ1) is 15.9. The standard InChI is InChI=1S/C19H19FN4/c1-14-2-8-17(9-3-14)23-19-22-13-11-18(24-19)21-12-10-15-4-6-16(20)7-5-15/h2-9,11,13H,10,12H2,1H3,(H2,21,22,23,24). The molecule has 3 rings (SSSR count). The second-order valence-corrected chi connectivity index (χ2v) is 5.56. The third kappa shape index (κ3) is 4.52. The summed E-state index contributed by atoms with van der Waals surface area (Å²) in [6.45, 7) is 2.76. The largest absolute Gasteiger partial charge is 0.370 e. The number of halogens is 1. The Bertz CT molecular complexity index is 785. The molecule has 122 valence electrons. The zero-order valence-electron chi connectivity index (χ0n) is 13.5. The van der Waals surface area contributed by atoms with E-state index in [-0.39, 0.29) is 5.82 Å². The van der Waals surface area contributed by atoms with Crippen LogP contribution in [0.2, 0.25) is 0 Å². The molecule has 0 fully saturated rings. The fraction of sp³-hybridized carbons (Fsp3) is 0.158. The molecule has 0 spiro atoms. The van der Waals surface area contributed by atoms with Crippen LogP contribution < -0.4 is 10.6 Å². The summed E-state index contributed by atoms with van der Waals surface area (Å²) in [6.07, 6.45) is 2.51. The van der Waals surface area contributed by atoms with E-state index in [0.29, 0.717) is 12.5 Å². The third-order valence-corrected chi connectivity index (χ3v) is 3.60. The number of aromatic nitrogens is 2. The molecule has 0 radical (unpaired) electrons. The number of anilines is 3. The van der Waals surface area contributed by atoms with Gasteiger partial charge >= 0.3 is 0 Å². The molecule has 0 atom stereocenters. The van der Waals surface area contributed by atoms with Crippen LogP contribution >= 0.6 is 0 Å². The van der Waals surface area contributed by atoms with Crippen molar-refractivity contribution in [2.45, 2.75) is 13.3 Å². The van der Waals surface area contributed by atoms with E-state index in [1.807, 2.05) is 37.3 Å². The maximum absolute atomic E-state index is 12.9. The van der Waals surface area contributed by atoms with Crippen LogP contribution in [-0.2, 0) is 6.42 Å². The molecule has 0 aliphatic rings. The van der Waals surface area contributed by atoms with Crippen LogP contribution in [0.4, 0.5) is 21.8 Å². The lowest BCUT2D eigenvalue weighted by Crippen LogP contribution is -2.07. The molecule has 0 saturated carbocycles. The zero-order chi connectivity index (χ0) is 16.8. The summed E-state index contributed by atoms with van der Waals surface area (Å²) < 4.78 is 12.9. The third-order valence-electron chi connectivity index (χ3n) is 3.60. The Hall–Kier alpha value is -2.95. The first-order chi connectivity index (χ1) is 11.7. The zero-order valence-corrected chi connectivity index (χ0v) is 13.5. The quantitative estimate of drug-likeness (QED) is 0.709. The van der Waals surface area contributed by atoms with Gasteiger partial charge in [0.05, 0.1) is 0 Å². The van der Waals surface area contributed by atoms with E-state index in [0.717, 1.165) is 23.5 Å². The van der Waals surface area contributed by atoms with E-state index >= 15 is 0 Å². The van der Waals surface area contributed by atoms with Gasteiger partial charge in [0, 0.05) is 18.4 Å². The van der Waals surface area contributed by atoms with Crippen LogP contribution in [0, 0.1) is 12.7 Å². The lowest BCUT2D eigenvalue weighted by molar-refractivity contribution is 0.627. The summed E-state index contributed by atoms with van der Waals surface area (Å²) in [5.41, 5.74) is 3.23. The van der Waals surface area contributed by atoms with Crippen molar-refractivity contribution in [2.24, 2.45) is 0 Å². The molecule has 0 bridgehead atoms. The van der Waals surface area contributed by atoms with Gasteiger partial charge < -0.3 is 10.6 Å². The van der Waals surface area contributed by atoms with Gasteiger partial charge in [-0.3, -0.25) is 0 Å². The Morgan fingerprint density at radius 1 is 0.958 bits per heavy atom. The second kappa shape index (κ2) is 7.55. The maximum Gasteiger partial charge on any atom is 0.229 e. The van der Waals surface area contributed by atoms with Gasteiger partial charge in [0.15, 0.2) is 0 Å². The monoisotopic (exact) mass is 322 g/mol. The van der Waals surface area contributed by atoms with Gasteiger partial charge in [-0.1, -0.05) is 29.8 Å². The van der Waals surface area contributed by atoms with Gasteiger partial charge in [0.1, 0.15) is 11.6 Å². The van der Waals surface area contributed by atoms with Crippen molar-refractivity contribution in [1.29, 1.82) is 0 Å². The van der Waals surface area contributed by atoms with Crippen LogP contribution in [0.15, 0.2) is 60.8 Å². The van der Waals surface area contributed by atoms with E-state index in [2.05, 4.69) is 20.6 Å². The smallest absolute Gasteiger partial charge is 0.229 e. The number of nitrogens with zero attached hydrogens (tertiary/aromatic N) is 2. The summed E-state index contributed by atoms with van der Waals surface area (Å²) in [5.74, 6) is 1.08. The molecule has 0 aliphatic carbocycles. The summed E-state index contributed by atoms with van der Waals surface area (Å²) in [7, 11) is 0. The Kier molecular flexibility index (Phi) is 5.01. The molecule has 24 heavy (non-hydrogen) atoms. The van der Waals surface area contributed by atoms with E-state index < -0.39 is 0 Å². The minimum atomic E-state index is -0.214. The SMILES string of the molecule is Cc1ccc(Nc2nccc(NCCc3ccc(F)cc3)n2)cc1. The van der Waals surface area contributed by atoms with Gasteiger partial charge in [-0.25, -0.2) is 9.37 Å². The summed E-state index contributed by atoms with van der Waals surface area (Å²) in [6, 6.07) is 16.4. The molecule has 3 aromatic rings. The van der Waals surface area contributed by atoms with Crippen molar-refractivity contribution in [3.8, 4) is 0 Å². The number of rotatable bonds is 6. The number of nitrogens with one attached hydrogen (secondary N) is 2. The summed E-state index contributed by atoms with van der Waals surface area (Å²) in [4.78, 5) is 8.67. The Morgan fingerprint density at radius 2 is 1.71 bits per heavy atom. The first-order valence-corrected chi connectivity index (χ1v) is 7.84. The fourth-order valence-electron chi connectivity index (χ4n) is 2.27. The van der Waals surface area contributed by atoms with Crippen molar-refractivity contribution in [3.05, 3.63) is 77.7 Å². The normalized spacial score (nSPS) is 10.4. The Morgan fingerprint density at radius 3 is 2.46 bits per heavy atom. The predicted molar refractivity (Wildman–Crippen MR) is 95.1 cm³/mol. The molecule has 0 unspecified atom stereocenters. The highest BCUT2D eigenvalue weighted by atomic mass is 19.1. The lowest BCUT2D eigenvalue weighted by atomic mass is 10.1. The van der Waals surface area contributed by atoms with Gasteiger partial charge in [-0.15, -0.1) is 0 Å². The number of aryl methyl sites for hydroxylation is 1. The highest BCUT2D eigenvalue weighted by Crippen LogP contribution is 2.15. The van der Waals surface area contributed by atoms with E-state index in [9.17, 15) is 4.39 Å². The molecule has 4 nitrogen and oxygen atoms in total. The highest BCUT2D eigenvalue weighted by Gasteiger charge is 2.01. The van der Waals surface area contributed by atoms with Gasteiger partial charge in [-0.05, 0) is 49.2 Å². The molecule has 2 N–H and O–H groups in total. The summed E-state index contributed by atoms with van der Waals surface area (Å²) in [5, 5.41) is 6.44. The Labute approximate surface area is 140 Å².